The zero-order chi connectivity index (χ0) is 15.7. The fraction of sp³-hybridized carbons (Fsp3) is 0.286. The van der Waals surface area contributed by atoms with E-state index in [2.05, 4.69) is 15.3 Å². The number of anilines is 1. The summed E-state index contributed by atoms with van der Waals surface area (Å²) in [6.45, 7) is 3.68. The molecule has 0 saturated heterocycles. The van der Waals surface area contributed by atoms with Crippen LogP contribution in [0.5, 0.6) is 0 Å². The number of hydrogen-bond acceptors (Lipinski definition) is 6. The normalized spacial score (nSPS) is 11.0. The van der Waals surface area contributed by atoms with Crippen molar-refractivity contribution in [3.05, 3.63) is 18.5 Å². The molecule has 0 fully saturated rings. The van der Waals surface area contributed by atoms with Crippen molar-refractivity contribution >= 4 is 49.6 Å². The monoisotopic (exact) mass is 318 g/mol. The van der Waals surface area contributed by atoms with Gasteiger partial charge in [-0.25, -0.2) is 9.97 Å². The molecule has 0 bridgehead atoms. The zero-order valence-electron chi connectivity index (χ0n) is 12.1. The largest absolute Gasteiger partial charge is 0.464 e. The van der Waals surface area contributed by atoms with Crippen molar-refractivity contribution < 1.29 is 14.3 Å². The van der Waals surface area contributed by atoms with Gasteiger partial charge in [-0.15, -0.1) is 0 Å². The number of amides is 1. The summed E-state index contributed by atoms with van der Waals surface area (Å²) in [5.74, 6) is -0.448. The van der Waals surface area contributed by atoms with Crippen LogP contribution in [0.15, 0.2) is 18.5 Å². The lowest BCUT2D eigenvalue weighted by Crippen LogP contribution is -2.07. The molecule has 2 aromatic heterocycles. The Morgan fingerprint density at radius 2 is 2.18 bits per heavy atom. The number of rotatable bonds is 4. The first-order valence-corrected chi connectivity index (χ1v) is 7.51. The first-order chi connectivity index (χ1) is 10.5. The Morgan fingerprint density at radius 1 is 1.36 bits per heavy atom. The minimum Gasteiger partial charge on any atom is -0.464 e. The molecule has 0 atom stereocenters. The molecule has 0 aliphatic carbocycles. The zero-order valence-corrected chi connectivity index (χ0v) is 12.9. The van der Waals surface area contributed by atoms with Crippen LogP contribution >= 0.6 is 11.3 Å². The van der Waals surface area contributed by atoms with Crippen LogP contribution in [0, 0.1) is 0 Å². The Balaban J connectivity index is 1.95. The number of nitrogens with zero attached hydrogens (tertiary/aromatic N) is 3. The average Bonchev–Trinajstić information content (AvgIpc) is 3.00. The van der Waals surface area contributed by atoms with Crippen molar-refractivity contribution in [3.63, 3.8) is 0 Å². The molecule has 3 aromatic rings. The van der Waals surface area contributed by atoms with E-state index in [1.165, 1.54) is 25.2 Å². The van der Waals surface area contributed by atoms with Crippen LogP contribution in [0.1, 0.15) is 13.8 Å². The second-order valence-electron chi connectivity index (χ2n) is 4.76. The Bertz CT molecular complexity index is 868. The molecule has 0 aliphatic rings. The highest BCUT2D eigenvalue weighted by molar-refractivity contribution is 7.23. The van der Waals surface area contributed by atoms with E-state index in [1.54, 1.807) is 6.33 Å². The van der Waals surface area contributed by atoms with Crippen molar-refractivity contribution in [2.24, 2.45) is 0 Å². The molecular weight excluding hydrogens is 304 g/mol. The van der Waals surface area contributed by atoms with Crippen LogP contribution in [0.25, 0.3) is 21.3 Å². The predicted octanol–water partition coefficient (Wildman–Crippen LogP) is 2.17. The van der Waals surface area contributed by atoms with Crippen molar-refractivity contribution in [1.29, 1.82) is 0 Å². The maximum absolute atomic E-state index is 11.1. The highest BCUT2D eigenvalue weighted by Crippen LogP contribution is 2.31. The van der Waals surface area contributed by atoms with Gasteiger partial charge in [0.05, 0.1) is 28.6 Å². The number of aromatic nitrogens is 3. The smallest absolute Gasteiger partial charge is 0.302 e. The Kier molecular flexibility index (Phi) is 3.76. The van der Waals surface area contributed by atoms with E-state index < -0.39 is 0 Å². The van der Waals surface area contributed by atoms with Crippen molar-refractivity contribution in [3.8, 4) is 0 Å². The highest BCUT2D eigenvalue weighted by atomic mass is 32.1. The summed E-state index contributed by atoms with van der Waals surface area (Å²) in [5.41, 5.74) is 2.57. The van der Waals surface area contributed by atoms with Crippen molar-refractivity contribution in [2.75, 3.05) is 11.9 Å². The van der Waals surface area contributed by atoms with Gasteiger partial charge in [0.2, 0.25) is 5.91 Å². The molecule has 0 radical (unpaired) electrons. The topological polar surface area (TPSA) is 86.1 Å². The van der Waals surface area contributed by atoms with E-state index in [9.17, 15) is 9.59 Å². The summed E-state index contributed by atoms with van der Waals surface area (Å²) < 4.78 is 7.80. The molecule has 0 unspecified atom stereocenters. The van der Waals surface area contributed by atoms with Crippen LogP contribution in [0.3, 0.4) is 0 Å². The van der Waals surface area contributed by atoms with E-state index in [4.69, 9.17) is 4.74 Å². The van der Waals surface area contributed by atoms with Gasteiger partial charge in [0.15, 0.2) is 5.13 Å². The van der Waals surface area contributed by atoms with E-state index >= 15 is 0 Å². The fourth-order valence-electron chi connectivity index (χ4n) is 2.18. The van der Waals surface area contributed by atoms with E-state index in [0.29, 0.717) is 18.3 Å². The first kappa shape index (κ1) is 14.5. The molecule has 1 aromatic carbocycles. The minimum atomic E-state index is -0.297. The molecule has 3 rings (SSSR count). The van der Waals surface area contributed by atoms with Crippen molar-refractivity contribution in [2.45, 2.75) is 20.4 Å². The van der Waals surface area contributed by atoms with Gasteiger partial charge in [0, 0.05) is 13.8 Å². The van der Waals surface area contributed by atoms with Gasteiger partial charge in [0.1, 0.15) is 12.1 Å². The molecule has 0 aliphatic heterocycles. The van der Waals surface area contributed by atoms with Crippen LogP contribution < -0.4 is 5.32 Å². The van der Waals surface area contributed by atoms with Crippen molar-refractivity contribution in [1.82, 2.24) is 14.5 Å². The van der Waals surface area contributed by atoms with E-state index in [-0.39, 0.29) is 11.9 Å². The number of ether oxygens (including phenoxy) is 1. The van der Waals surface area contributed by atoms with Crippen LogP contribution in [-0.4, -0.2) is 33.0 Å². The molecule has 0 spiro atoms. The maximum atomic E-state index is 11.1. The number of esters is 1. The Morgan fingerprint density at radius 3 is 2.91 bits per heavy atom. The molecule has 1 amide bonds. The lowest BCUT2D eigenvalue weighted by Gasteiger charge is -2.04. The lowest BCUT2D eigenvalue weighted by molar-refractivity contribution is -0.141. The first-order valence-electron chi connectivity index (χ1n) is 6.70. The maximum Gasteiger partial charge on any atom is 0.302 e. The minimum absolute atomic E-state index is 0.151. The molecule has 8 heteroatoms. The third kappa shape index (κ3) is 2.77. The number of imidazole rings is 1. The predicted molar refractivity (Wildman–Crippen MR) is 83.8 cm³/mol. The number of carbonyl (C=O) groups excluding carboxylic acids is 2. The standard InChI is InChI=1S/C14H14N4O3S/c1-8(19)16-14-17-10-3-4-11-12(13(10)22-14)15-7-18(11)5-6-21-9(2)20/h3-4,7H,5-6H2,1-2H3,(H,16,17,19). The lowest BCUT2D eigenvalue weighted by atomic mass is 10.3. The second-order valence-corrected chi connectivity index (χ2v) is 5.76. The van der Waals surface area contributed by atoms with E-state index in [1.807, 2.05) is 16.7 Å². The average molecular weight is 318 g/mol. The number of benzene rings is 1. The van der Waals surface area contributed by atoms with E-state index in [0.717, 1.165) is 21.3 Å². The second kappa shape index (κ2) is 5.72. The van der Waals surface area contributed by atoms with Gasteiger partial charge in [-0.1, -0.05) is 11.3 Å². The fourth-order valence-corrected chi connectivity index (χ4v) is 3.19. The van der Waals surface area contributed by atoms with Gasteiger partial charge < -0.3 is 14.6 Å². The number of carbonyl (C=O) groups is 2. The van der Waals surface area contributed by atoms with Gasteiger partial charge in [-0.3, -0.25) is 9.59 Å². The summed E-state index contributed by atoms with van der Waals surface area (Å²) in [5, 5.41) is 3.25. The SMILES string of the molecule is CC(=O)Nc1nc2ccc3c(ncn3CCOC(C)=O)c2s1. The number of thiazole rings is 1. The molecule has 7 nitrogen and oxygen atoms in total. The third-order valence-corrected chi connectivity index (χ3v) is 4.06. The highest BCUT2D eigenvalue weighted by Gasteiger charge is 2.12. The Hall–Kier alpha value is -2.48. The van der Waals surface area contributed by atoms with Gasteiger partial charge in [-0.05, 0) is 12.1 Å². The van der Waals surface area contributed by atoms with Crippen LogP contribution in [0.2, 0.25) is 0 Å². The summed E-state index contributed by atoms with van der Waals surface area (Å²) in [4.78, 5) is 30.7. The molecule has 22 heavy (non-hydrogen) atoms. The Labute approximate surface area is 129 Å². The summed E-state index contributed by atoms with van der Waals surface area (Å²) in [6.07, 6.45) is 1.71. The van der Waals surface area contributed by atoms with Gasteiger partial charge >= 0.3 is 5.97 Å². The molecular formula is C14H14N4O3S. The third-order valence-electron chi connectivity index (χ3n) is 3.07. The molecule has 1 N–H and O–H groups in total. The number of hydrogen-bond donors (Lipinski definition) is 1. The molecule has 2 heterocycles. The quantitative estimate of drug-likeness (QED) is 0.745. The summed E-state index contributed by atoms with van der Waals surface area (Å²) in [6, 6.07) is 3.82. The molecule has 114 valence electrons. The van der Waals surface area contributed by atoms with Gasteiger partial charge in [0.25, 0.3) is 0 Å². The van der Waals surface area contributed by atoms with Crippen LogP contribution in [0.4, 0.5) is 5.13 Å². The molecule has 0 saturated carbocycles. The summed E-state index contributed by atoms with van der Waals surface area (Å²) >= 11 is 1.39. The summed E-state index contributed by atoms with van der Waals surface area (Å²) in [7, 11) is 0. The van der Waals surface area contributed by atoms with Crippen LogP contribution in [-0.2, 0) is 20.9 Å². The number of fused-ring (bicyclic) bond motifs is 3. The van der Waals surface area contributed by atoms with Gasteiger partial charge in [-0.2, -0.15) is 0 Å². The number of nitrogens with one attached hydrogen (secondary N) is 1.